The van der Waals surface area contributed by atoms with Crippen LogP contribution in [0.15, 0.2) is 224 Å². The van der Waals surface area contributed by atoms with Crippen LogP contribution < -0.4 is 0 Å². The van der Waals surface area contributed by atoms with E-state index in [1.807, 2.05) is 0 Å². The smallest absolute Gasteiger partial charge is 0.164 e. The van der Waals surface area contributed by atoms with Crippen LogP contribution in [0.3, 0.4) is 0 Å². The van der Waals surface area contributed by atoms with Crippen molar-refractivity contribution in [2.24, 2.45) is 0 Å². The number of benzene rings is 10. The first-order valence-corrected chi connectivity index (χ1v) is 20.3. The molecule has 0 saturated heterocycles. The fourth-order valence-corrected chi connectivity index (χ4v) is 8.61. The van der Waals surface area contributed by atoms with Gasteiger partial charge in [0.1, 0.15) is 0 Å². The number of aromatic nitrogens is 3. The fraction of sp³-hybridized carbons (Fsp3) is 0. The molecule has 0 N–H and O–H groups in total. The number of hydrogen-bond acceptors (Lipinski definition) is 3. The van der Waals surface area contributed by atoms with Gasteiger partial charge in [0.05, 0.1) is 0 Å². The molecule has 1 heterocycles. The van der Waals surface area contributed by atoms with E-state index in [4.69, 9.17) is 15.0 Å². The van der Waals surface area contributed by atoms with Crippen molar-refractivity contribution < 1.29 is 0 Å². The molecule has 0 saturated carbocycles. The molecule has 0 radical (unpaired) electrons. The number of fused-ring (bicyclic) bond motifs is 3. The summed E-state index contributed by atoms with van der Waals surface area (Å²) < 4.78 is 0. The zero-order valence-corrected chi connectivity index (χ0v) is 32.7. The maximum absolute atomic E-state index is 5.33. The minimum atomic E-state index is 0.617. The molecule has 11 aromatic rings. The predicted molar refractivity (Wildman–Crippen MR) is 250 cm³/mol. The number of hydrogen-bond donors (Lipinski definition) is 0. The highest BCUT2D eigenvalue weighted by molar-refractivity contribution is 6.05. The first-order chi connectivity index (χ1) is 29.7. The van der Waals surface area contributed by atoms with E-state index < -0.39 is 0 Å². The standard InChI is InChI=1S/C57H37N3/c1-3-16-38(17-4-1)46-36-41-21-8-10-28-51(41)54(37-46)57-59-55(44-25-11-23-42(34-44)49-29-13-22-40-20-7-9-27-47(40)49)58-56(60-57)45-26-12-24-43(35-45)50-31-15-32-52-48(30-14-33-53(50)52)39-18-5-2-6-19-39/h1-37H. The summed E-state index contributed by atoms with van der Waals surface area (Å²) in [6, 6.07) is 79.5. The third-order valence-corrected chi connectivity index (χ3v) is 11.5. The maximum atomic E-state index is 5.33. The molecule has 0 spiro atoms. The Kier molecular flexibility index (Phi) is 8.83. The van der Waals surface area contributed by atoms with Crippen LogP contribution in [-0.4, -0.2) is 15.0 Å². The SMILES string of the molecule is c1ccc(-c2cc(-c3nc(-c4cccc(-c5cccc6ccccc56)c4)nc(-c4cccc(-c5cccc6c(-c7ccccc7)cccc56)c4)n3)c3ccccc3c2)cc1. The third kappa shape index (κ3) is 6.49. The van der Waals surface area contributed by atoms with Crippen LogP contribution in [0.5, 0.6) is 0 Å². The van der Waals surface area contributed by atoms with E-state index in [1.54, 1.807) is 0 Å². The van der Waals surface area contributed by atoms with Gasteiger partial charge in [0.2, 0.25) is 0 Å². The first-order valence-electron chi connectivity index (χ1n) is 20.3. The second-order valence-electron chi connectivity index (χ2n) is 15.2. The summed E-state index contributed by atoms with van der Waals surface area (Å²) in [6.45, 7) is 0. The lowest BCUT2D eigenvalue weighted by molar-refractivity contribution is 1.08. The van der Waals surface area contributed by atoms with Gasteiger partial charge in [-0.2, -0.15) is 0 Å². The van der Waals surface area contributed by atoms with Crippen molar-refractivity contribution in [1.29, 1.82) is 0 Å². The van der Waals surface area contributed by atoms with E-state index in [0.29, 0.717) is 17.5 Å². The maximum Gasteiger partial charge on any atom is 0.164 e. The lowest BCUT2D eigenvalue weighted by atomic mass is 9.92. The topological polar surface area (TPSA) is 38.7 Å². The molecule has 3 nitrogen and oxygen atoms in total. The molecule has 11 rings (SSSR count). The molecule has 0 aliphatic heterocycles. The van der Waals surface area contributed by atoms with Crippen molar-refractivity contribution in [2.45, 2.75) is 0 Å². The summed E-state index contributed by atoms with van der Waals surface area (Å²) >= 11 is 0. The van der Waals surface area contributed by atoms with Crippen molar-refractivity contribution in [1.82, 2.24) is 15.0 Å². The third-order valence-electron chi connectivity index (χ3n) is 11.5. The van der Waals surface area contributed by atoms with E-state index >= 15 is 0 Å². The molecule has 0 bridgehead atoms. The highest BCUT2D eigenvalue weighted by atomic mass is 15.0. The Bertz CT molecular complexity index is 3370. The van der Waals surface area contributed by atoms with Gasteiger partial charge in [-0.25, -0.2) is 15.0 Å². The van der Waals surface area contributed by atoms with E-state index in [2.05, 4.69) is 224 Å². The van der Waals surface area contributed by atoms with Crippen LogP contribution in [0.25, 0.3) is 111 Å². The van der Waals surface area contributed by atoms with Crippen molar-refractivity contribution in [3.8, 4) is 78.7 Å². The van der Waals surface area contributed by atoms with Gasteiger partial charge in [-0.05, 0) is 101 Å². The minimum Gasteiger partial charge on any atom is -0.208 e. The van der Waals surface area contributed by atoms with Gasteiger partial charge in [-0.1, -0.05) is 200 Å². The monoisotopic (exact) mass is 763 g/mol. The van der Waals surface area contributed by atoms with Gasteiger partial charge in [0.25, 0.3) is 0 Å². The lowest BCUT2D eigenvalue weighted by Gasteiger charge is -2.14. The largest absolute Gasteiger partial charge is 0.208 e. The Balaban J connectivity index is 1.11. The number of nitrogens with zero attached hydrogens (tertiary/aromatic N) is 3. The molecule has 0 aliphatic rings. The molecular formula is C57H37N3. The summed E-state index contributed by atoms with van der Waals surface area (Å²) in [4.78, 5) is 15.9. The van der Waals surface area contributed by atoms with E-state index in [9.17, 15) is 0 Å². The van der Waals surface area contributed by atoms with Crippen LogP contribution in [0, 0.1) is 0 Å². The summed E-state index contributed by atoms with van der Waals surface area (Å²) in [6.07, 6.45) is 0. The van der Waals surface area contributed by atoms with Gasteiger partial charge in [0, 0.05) is 16.7 Å². The van der Waals surface area contributed by atoms with Crippen molar-refractivity contribution >= 4 is 32.3 Å². The average molecular weight is 764 g/mol. The van der Waals surface area contributed by atoms with Crippen LogP contribution in [-0.2, 0) is 0 Å². The molecule has 0 amide bonds. The van der Waals surface area contributed by atoms with Gasteiger partial charge in [-0.15, -0.1) is 0 Å². The molecule has 0 unspecified atom stereocenters. The molecule has 280 valence electrons. The molecule has 0 fully saturated rings. The van der Waals surface area contributed by atoms with Gasteiger partial charge in [0.15, 0.2) is 17.5 Å². The Morgan fingerprint density at radius 2 is 0.600 bits per heavy atom. The molecule has 3 heteroatoms. The molecule has 0 aliphatic carbocycles. The fourth-order valence-electron chi connectivity index (χ4n) is 8.61. The first kappa shape index (κ1) is 35.2. The summed E-state index contributed by atoms with van der Waals surface area (Å²) in [5.41, 5.74) is 12.0. The Morgan fingerprint density at radius 1 is 0.200 bits per heavy atom. The molecule has 10 aromatic carbocycles. The van der Waals surface area contributed by atoms with Gasteiger partial charge in [-0.3, -0.25) is 0 Å². The second kappa shape index (κ2) is 15.1. The number of rotatable bonds is 7. The Morgan fingerprint density at radius 3 is 1.23 bits per heavy atom. The van der Waals surface area contributed by atoms with Crippen LogP contribution in [0.2, 0.25) is 0 Å². The molecular weight excluding hydrogens is 727 g/mol. The van der Waals surface area contributed by atoms with Crippen LogP contribution in [0.4, 0.5) is 0 Å². The molecule has 1 aromatic heterocycles. The van der Waals surface area contributed by atoms with E-state index in [1.165, 1.54) is 38.2 Å². The highest BCUT2D eigenvalue weighted by Gasteiger charge is 2.18. The summed E-state index contributed by atoms with van der Waals surface area (Å²) in [7, 11) is 0. The molecule has 60 heavy (non-hydrogen) atoms. The predicted octanol–water partition coefficient (Wildman–Crippen LogP) is 15.0. The van der Waals surface area contributed by atoms with Crippen molar-refractivity contribution in [2.75, 3.05) is 0 Å². The summed E-state index contributed by atoms with van der Waals surface area (Å²) in [5, 5.41) is 7.04. The summed E-state index contributed by atoms with van der Waals surface area (Å²) in [5.74, 6) is 1.86. The van der Waals surface area contributed by atoms with Gasteiger partial charge >= 0.3 is 0 Å². The van der Waals surface area contributed by atoms with Crippen molar-refractivity contribution in [3.63, 3.8) is 0 Å². The van der Waals surface area contributed by atoms with E-state index in [-0.39, 0.29) is 0 Å². The van der Waals surface area contributed by atoms with Gasteiger partial charge < -0.3 is 0 Å². The van der Waals surface area contributed by atoms with Crippen LogP contribution in [0.1, 0.15) is 0 Å². The Labute approximate surface area is 349 Å². The zero-order valence-electron chi connectivity index (χ0n) is 32.7. The highest BCUT2D eigenvalue weighted by Crippen LogP contribution is 2.38. The minimum absolute atomic E-state index is 0.617. The Hall–Kier alpha value is -8.01. The average Bonchev–Trinajstić information content (AvgIpc) is 3.33. The molecule has 0 atom stereocenters. The zero-order chi connectivity index (χ0) is 39.8. The normalized spacial score (nSPS) is 11.3. The van der Waals surface area contributed by atoms with Crippen molar-refractivity contribution in [3.05, 3.63) is 224 Å². The van der Waals surface area contributed by atoms with Crippen LogP contribution >= 0.6 is 0 Å². The quantitative estimate of drug-likeness (QED) is 0.162. The lowest BCUT2D eigenvalue weighted by Crippen LogP contribution is -2.01. The second-order valence-corrected chi connectivity index (χ2v) is 15.2. The van der Waals surface area contributed by atoms with E-state index in [0.717, 1.165) is 55.3 Å².